The normalized spacial score (nSPS) is 11.7. The smallest absolute Gasteiger partial charge is 0.0550 e. The molecular weight excluding hydrogens is 200 g/mol. The number of aliphatic hydroxyl groups excluding tert-OH is 2. The van der Waals surface area contributed by atoms with Gasteiger partial charge in [0, 0.05) is 5.41 Å². The molecule has 1 rings (SSSR count). The lowest BCUT2D eigenvalue weighted by atomic mass is 9.77. The lowest BCUT2D eigenvalue weighted by Gasteiger charge is -2.30. The van der Waals surface area contributed by atoms with Gasteiger partial charge in [0.1, 0.15) is 0 Å². The average molecular weight is 222 g/mol. The van der Waals surface area contributed by atoms with E-state index in [9.17, 15) is 10.2 Å². The second-order valence-corrected chi connectivity index (χ2v) is 4.42. The molecule has 0 saturated heterocycles. The van der Waals surface area contributed by atoms with Crippen molar-refractivity contribution in [3.8, 4) is 0 Å². The average Bonchev–Trinajstić information content (AvgIpc) is 2.36. The van der Waals surface area contributed by atoms with E-state index in [1.165, 1.54) is 0 Å². The van der Waals surface area contributed by atoms with E-state index in [1.807, 2.05) is 30.3 Å². The number of benzene rings is 1. The van der Waals surface area contributed by atoms with Crippen molar-refractivity contribution in [3.05, 3.63) is 35.9 Å². The van der Waals surface area contributed by atoms with Crippen molar-refractivity contribution < 1.29 is 10.2 Å². The fourth-order valence-corrected chi connectivity index (χ4v) is 2.04. The molecule has 1 aromatic rings. The van der Waals surface area contributed by atoms with Gasteiger partial charge in [0.05, 0.1) is 13.2 Å². The van der Waals surface area contributed by atoms with E-state index in [0.29, 0.717) is 0 Å². The molecule has 90 valence electrons. The number of rotatable bonds is 7. The van der Waals surface area contributed by atoms with E-state index in [-0.39, 0.29) is 13.2 Å². The van der Waals surface area contributed by atoms with E-state index < -0.39 is 5.41 Å². The van der Waals surface area contributed by atoms with Gasteiger partial charge >= 0.3 is 0 Å². The highest BCUT2D eigenvalue weighted by Crippen LogP contribution is 2.29. The van der Waals surface area contributed by atoms with Crippen LogP contribution in [0.4, 0.5) is 0 Å². The zero-order valence-corrected chi connectivity index (χ0v) is 10.0. The first-order valence-corrected chi connectivity index (χ1v) is 6.06. The van der Waals surface area contributed by atoms with Crippen LogP contribution in [0.2, 0.25) is 0 Å². The first-order chi connectivity index (χ1) is 7.79. The predicted molar refractivity (Wildman–Crippen MR) is 66.4 cm³/mol. The predicted octanol–water partition coefficient (Wildman–Crippen LogP) is 2.49. The van der Waals surface area contributed by atoms with Crippen LogP contribution < -0.4 is 0 Å². The summed E-state index contributed by atoms with van der Waals surface area (Å²) >= 11 is 0. The Labute approximate surface area is 97.9 Å². The Hall–Kier alpha value is -0.860. The highest BCUT2D eigenvalue weighted by Gasteiger charge is 2.29. The number of hydrogen-bond donors (Lipinski definition) is 2. The Balaban J connectivity index is 2.79. The molecule has 1 aromatic carbocycles. The van der Waals surface area contributed by atoms with Crippen LogP contribution in [-0.4, -0.2) is 23.4 Å². The molecule has 2 N–H and O–H groups in total. The van der Waals surface area contributed by atoms with Crippen LogP contribution >= 0.6 is 0 Å². The van der Waals surface area contributed by atoms with Crippen LogP contribution in [0.25, 0.3) is 0 Å². The topological polar surface area (TPSA) is 40.5 Å². The monoisotopic (exact) mass is 222 g/mol. The van der Waals surface area contributed by atoms with Gasteiger partial charge in [-0.15, -0.1) is 0 Å². The summed E-state index contributed by atoms with van der Waals surface area (Å²) < 4.78 is 0. The summed E-state index contributed by atoms with van der Waals surface area (Å²) in [5, 5.41) is 19.1. The molecule has 0 aromatic heterocycles. The third-order valence-corrected chi connectivity index (χ3v) is 3.25. The molecule has 2 heteroatoms. The van der Waals surface area contributed by atoms with E-state index in [1.54, 1.807) is 0 Å². The number of unbranched alkanes of at least 4 members (excludes halogenated alkanes) is 2. The van der Waals surface area contributed by atoms with Gasteiger partial charge in [0.15, 0.2) is 0 Å². The molecule has 0 spiro atoms. The minimum atomic E-state index is -0.462. The third-order valence-electron chi connectivity index (χ3n) is 3.25. The zero-order valence-electron chi connectivity index (χ0n) is 10.0. The van der Waals surface area contributed by atoms with Crippen molar-refractivity contribution in [1.29, 1.82) is 0 Å². The fraction of sp³-hybridized carbons (Fsp3) is 0.571. The van der Waals surface area contributed by atoms with Crippen molar-refractivity contribution in [2.24, 2.45) is 0 Å². The van der Waals surface area contributed by atoms with Crippen LogP contribution in [0, 0.1) is 0 Å². The molecule has 0 aliphatic carbocycles. The van der Waals surface area contributed by atoms with Crippen molar-refractivity contribution in [2.45, 2.75) is 38.0 Å². The van der Waals surface area contributed by atoms with E-state index in [4.69, 9.17) is 0 Å². The summed E-state index contributed by atoms with van der Waals surface area (Å²) in [6.07, 6.45) is 4.20. The number of aliphatic hydroxyl groups is 2. The summed E-state index contributed by atoms with van der Waals surface area (Å²) in [6.45, 7) is 2.18. The Morgan fingerprint density at radius 2 is 1.62 bits per heavy atom. The summed E-state index contributed by atoms with van der Waals surface area (Å²) in [4.78, 5) is 0. The molecule has 2 nitrogen and oxygen atoms in total. The molecule has 0 heterocycles. The van der Waals surface area contributed by atoms with Gasteiger partial charge in [0.2, 0.25) is 0 Å². The maximum atomic E-state index is 9.57. The van der Waals surface area contributed by atoms with Crippen LogP contribution in [0.1, 0.15) is 38.2 Å². The minimum Gasteiger partial charge on any atom is -0.395 e. The van der Waals surface area contributed by atoms with Crippen LogP contribution in [0.5, 0.6) is 0 Å². The van der Waals surface area contributed by atoms with Gasteiger partial charge in [-0.05, 0) is 12.0 Å². The highest BCUT2D eigenvalue weighted by atomic mass is 16.3. The van der Waals surface area contributed by atoms with Crippen LogP contribution in [0.3, 0.4) is 0 Å². The Kier molecular flexibility index (Phi) is 5.50. The van der Waals surface area contributed by atoms with Gasteiger partial charge in [-0.1, -0.05) is 56.5 Å². The molecular formula is C14H22O2. The molecule has 0 atom stereocenters. The van der Waals surface area contributed by atoms with E-state index in [2.05, 4.69) is 6.92 Å². The molecule has 0 amide bonds. The van der Waals surface area contributed by atoms with Gasteiger partial charge < -0.3 is 10.2 Å². The molecule has 0 aliphatic rings. The highest BCUT2D eigenvalue weighted by molar-refractivity contribution is 5.25. The van der Waals surface area contributed by atoms with E-state index >= 15 is 0 Å². The zero-order chi connectivity index (χ0) is 11.9. The third kappa shape index (κ3) is 3.06. The summed E-state index contributed by atoms with van der Waals surface area (Å²) in [7, 11) is 0. The molecule has 0 aliphatic heterocycles. The lowest BCUT2D eigenvalue weighted by Crippen LogP contribution is -2.34. The lowest BCUT2D eigenvalue weighted by molar-refractivity contribution is 0.107. The summed E-state index contributed by atoms with van der Waals surface area (Å²) in [5.74, 6) is 0. The van der Waals surface area contributed by atoms with Crippen molar-refractivity contribution in [2.75, 3.05) is 13.2 Å². The second-order valence-electron chi connectivity index (χ2n) is 4.42. The molecule has 0 saturated carbocycles. The van der Waals surface area contributed by atoms with Gasteiger partial charge in [0.25, 0.3) is 0 Å². The van der Waals surface area contributed by atoms with Gasteiger partial charge in [-0.2, -0.15) is 0 Å². The Morgan fingerprint density at radius 3 is 2.12 bits per heavy atom. The quantitative estimate of drug-likeness (QED) is 0.696. The Morgan fingerprint density at radius 1 is 1.00 bits per heavy atom. The van der Waals surface area contributed by atoms with Crippen LogP contribution in [0.15, 0.2) is 30.3 Å². The fourth-order valence-electron chi connectivity index (χ4n) is 2.04. The second kappa shape index (κ2) is 6.66. The summed E-state index contributed by atoms with van der Waals surface area (Å²) in [5.41, 5.74) is 0.576. The maximum Gasteiger partial charge on any atom is 0.0550 e. The van der Waals surface area contributed by atoms with Gasteiger partial charge in [-0.3, -0.25) is 0 Å². The van der Waals surface area contributed by atoms with Crippen molar-refractivity contribution in [1.82, 2.24) is 0 Å². The Bertz CT molecular complexity index is 278. The molecule has 0 fully saturated rings. The molecule has 0 unspecified atom stereocenters. The first kappa shape index (κ1) is 13.2. The standard InChI is InChI=1S/C14H22O2/c1-2-3-7-10-14(11-15,12-16)13-8-5-4-6-9-13/h4-6,8-9,15-16H,2-3,7,10-12H2,1H3. The van der Waals surface area contributed by atoms with Gasteiger partial charge in [-0.25, -0.2) is 0 Å². The molecule has 0 radical (unpaired) electrons. The van der Waals surface area contributed by atoms with Crippen molar-refractivity contribution in [3.63, 3.8) is 0 Å². The molecule has 16 heavy (non-hydrogen) atoms. The summed E-state index contributed by atoms with van der Waals surface area (Å²) in [6, 6.07) is 9.83. The maximum absolute atomic E-state index is 9.57. The SMILES string of the molecule is CCCCCC(CO)(CO)c1ccccc1. The largest absolute Gasteiger partial charge is 0.395 e. The van der Waals surface area contributed by atoms with Crippen molar-refractivity contribution >= 4 is 0 Å². The first-order valence-electron chi connectivity index (χ1n) is 6.06. The number of hydrogen-bond acceptors (Lipinski definition) is 2. The van der Waals surface area contributed by atoms with E-state index in [0.717, 1.165) is 31.2 Å². The van der Waals surface area contributed by atoms with Crippen LogP contribution in [-0.2, 0) is 5.41 Å². The molecule has 0 bridgehead atoms. The minimum absolute atomic E-state index is 0.0111.